The third-order valence-electron chi connectivity index (χ3n) is 2.56. The first-order chi connectivity index (χ1) is 9.15. The van der Waals surface area contributed by atoms with Crippen LogP contribution in [0.15, 0.2) is 23.3 Å². The van der Waals surface area contributed by atoms with Crippen molar-refractivity contribution >= 4 is 18.4 Å². The summed E-state index contributed by atoms with van der Waals surface area (Å²) in [7, 11) is 1.50. The summed E-state index contributed by atoms with van der Waals surface area (Å²) in [5, 5.41) is 20.5. The Bertz CT molecular complexity index is 660. The van der Waals surface area contributed by atoms with E-state index in [9.17, 15) is 5.11 Å². The standard InChI is InChI=1S/C12H14N4O2S/c1-3-11-14-15-12(19)16(11)13-7-8-4-5-9(17)10(6-8)18-2/h4-7,17H,3H2,1-2H3,(H,15,19)/b13-7+. The summed E-state index contributed by atoms with van der Waals surface area (Å²) in [6.45, 7) is 1.97. The Labute approximate surface area is 115 Å². The zero-order chi connectivity index (χ0) is 13.8. The number of methoxy groups -OCH3 is 1. The van der Waals surface area contributed by atoms with Crippen molar-refractivity contribution in [2.24, 2.45) is 5.10 Å². The molecule has 1 heterocycles. The van der Waals surface area contributed by atoms with Gasteiger partial charge < -0.3 is 9.84 Å². The van der Waals surface area contributed by atoms with Gasteiger partial charge in [-0.05, 0) is 36.0 Å². The van der Waals surface area contributed by atoms with Crippen LogP contribution in [-0.2, 0) is 6.42 Å². The van der Waals surface area contributed by atoms with Gasteiger partial charge in [0.25, 0.3) is 0 Å². The van der Waals surface area contributed by atoms with Crippen molar-refractivity contribution < 1.29 is 9.84 Å². The topological polar surface area (TPSA) is 75.4 Å². The van der Waals surface area contributed by atoms with Crippen molar-refractivity contribution in [1.29, 1.82) is 0 Å². The largest absolute Gasteiger partial charge is 0.504 e. The zero-order valence-electron chi connectivity index (χ0n) is 10.6. The van der Waals surface area contributed by atoms with Gasteiger partial charge in [0.15, 0.2) is 17.3 Å². The van der Waals surface area contributed by atoms with Gasteiger partial charge in [-0.3, -0.25) is 5.10 Å². The van der Waals surface area contributed by atoms with E-state index in [2.05, 4.69) is 15.3 Å². The maximum Gasteiger partial charge on any atom is 0.216 e. The van der Waals surface area contributed by atoms with E-state index in [1.165, 1.54) is 7.11 Å². The van der Waals surface area contributed by atoms with Crippen LogP contribution in [0.4, 0.5) is 0 Å². The second-order valence-corrected chi connectivity index (χ2v) is 4.17. The second kappa shape index (κ2) is 5.66. The first kappa shape index (κ1) is 13.3. The molecule has 0 fully saturated rings. The first-order valence-electron chi connectivity index (χ1n) is 5.73. The second-order valence-electron chi connectivity index (χ2n) is 3.79. The molecule has 0 spiro atoms. The van der Waals surface area contributed by atoms with Gasteiger partial charge in [-0.2, -0.15) is 14.9 Å². The number of hydrogen-bond acceptors (Lipinski definition) is 5. The lowest BCUT2D eigenvalue weighted by Gasteiger charge is -2.03. The van der Waals surface area contributed by atoms with Crippen LogP contribution in [0, 0.1) is 4.77 Å². The number of aromatic amines is 1. The number of aryl methyl sites for hydroxylation is 1. The smallest absolute Gasteiger partial charge is 0.216 e. The maximum absolute atomic E-state index is 9.51. The van der Waals surface area contributed by atoms with Gasteiger partial charge >= 0.3 is 0 Å². The number of nitrogens with zero attached hydrogens (tertiary/aromatic N) is 3. The Morgan fingerprint density at radius 3 is 3.05 bits per heavy atom. The molecule has 6 nitrogen and oxygen atoms in total. The van der Waals surface area contributed by atoms with Crippen LogP contribution in [0.3, 0.4) is 0 Å². The molecule has 2 rings (SSSR count). The summed E-state index contributed by atoms with van der Waals surface area (Å²) in [6, 6.07) is 4.97. The lowest BCUT2D eigenvalue weighted by molar-refractivity contribution is 0.373. The fourth-order valence-corrected chi connectivity index (χ4v) is 1.77. The number of benzene rings is 1. The summed E-state index contributed by atoms with van der Waals surface area (Å²) >= 11 is 5.09. The average molecular weight is 278 g/mol. The van der Waals surface area contributed by atoms with Gasteiger partial charge in [-0.1, -0.05) is 6.92 Å². The lowest BCUT2D eigenvalue weighted by atomic mass is 10.2. The van der Waals surface area contributed by atoms with Gasteiger partial charge in [0.2, 0.25) is 4.77 Å². The predicted molar refractivity (Wildman–Crippen MR) is 74.4 cm³/mol. The summed E-state index contributed by atoms with van der Waals surface area (Å²) in [6.07, 6.45) is 2.36. The molecule has 0 saturated heterocycles. The summed E-state index contributed by atoms with van der Waals surface area (Å²) in [5.74, 6) is 1.25. The highest BCUT2D eigenvalue weighted by atomic mass is 32.1. The fourth-order valence-electron chi connectivity index (χ4n) is 1.57. The highest BCUT2D eigenvalue weighted by Crippen LogP contribution is 2.25. The number of ether oxygens (including phenoxy) is 1. The minimum absolute atomic E-state index is 0.0915. The molecule has 0 aliphatic carbocycles. The minimum Gasteiger partial charge on any atom is -0.504 e. The number of aromatic nitrogens is 3. The number of hydrogen-bond donors (Lipinski definition) is 2. The number of phenolic OH excluding ortho intramolecular Hbond substituents is 1. The van der Waals surface area contributed by atoms with Gasteiger partial charge in [0.1, 0.15) is 0 Å². The van der Waals surface area contributed by atoms with Crippen LogP contribution < -0.4 is 4.74 Å². The van der Waals surface area contributed by atoms with Crippen LogP contribution in [0.25, 0.3) is 0 Å². The van der Waals surface area contributed by atoms with E-state index < -0.39 is 0 Å². The number of aromatic hydroxyl groups is 1. The van der Waals surface area contributed by atoms with E-state index in [1.54, 1.807) is 29.1 Å². The first-order valence-corrected chi connectivity index (χ1v) is 6.14. The van der Waals surface area contributed by atoms with E-state index in [-0.39, 0.29) is 5.75 Å². The molecule has 0 radical (unpaired) electrons. The Hall–Kier alpha value is -2.15. The molecule has 19 heavy (non-hydrogen) atoms. The molecule has 100 valence electrons. The number of phenols is 1. The van der Waals surface area contributed by atoms with Crippen molar-refractivity contribution in [3.8, 4) is 11.5 Å². The van der Waals surface area contributed by atoms with Crippen LogP contribution in [0.5, 0.6) is 11.5 Å². The van der Waals surface area contributed by atoms with E-state index in [1.807, 2.05) is 6.92 Å². The molecule has 0 amide bonds. The van der Waals surface area contributed by atoms with Crippen LogP contribution in [0.2, 0.25) is 0 Å². The third-order valence-corrected chi connectivity index (χ3v) is 2.82. The molecule has 1 aromatic carbocycles. The third kappa shape index (κ3) is 2.82. The molecule has 0 aliphatic heterocycles. The Morgan fingerprint density at radius 2 is 2.37 bits per heavy atom. The number of nitrogens with one attached hydrogen (secondary N) is 1. The fraction of sp³-hybridized carbons (Fsp3) is 0.250. The quantitative estimate of drug-likeness (QED) is 0.663. The Kier molecular flexibility index (Phi) is 3.96. The molecule has 2 N–H and O–H groups in total. The average Bonchev–Trinajstić information content (AvgIpc) is 2.78. The van der Waals surface area contributed by atoms with Crippen molar-refractivity contribution in [1.82, 2.24) is 14.9 Å². The molecule has 0 bridgehead atoms. The zero-order valence-corrected chi connectivity index (χ0v) is 11.4. The molecular formula is C12H14N4O2S. The molecule has 7 heteroatoms. The van der Waals surface area contributed by atoms with Crippen LogP contribution >= 0.6 is 12.2 Å². The molecule has 0 aliphatic rings. The van der Waals surface area contributed by atoms with Crippen molar-refractivity contribution in [2.75, 3.05) is 7.11 Å². The van der Waals surface area contributed by atoms with Gasteiger partial charge in [0.05, 0.1) is 13.3 Å². The van der Waals surface area contributed by atoms with Crippen LogP contribution in [0.1, 0.15) is 18.3 Å². The van der Waals surface area contributed by atoms with Crippen molar-refractivity contribution in [2.45, 2.75) is 13.3 Å². The van der Waals surface area contributed by atoms with E-state index in [0.717, 1.165) is 17.8 Å². The van der Waals surface area contributed by atoms with E-state index in [4.69, 9.17) is 17.0 Å². The van der Waals surface area contributed by atoms with Crippen molar-refractivity contribution in [3.05, 3.63) is 34.4 Å². The van der Waals surface area contributed by atoms with Gasteiger partial charge in [-0.25, -0.2) is 0 Å². The van der Waals surface area contributed by atoms with Crippen molar-refractivity contribution in [3.63, 3.8) is 0 Å². The molecule has 1 aromatic heterocycles. The lowest BCUT2D eigenvalue weighted by Crippen LogP contribution is -1.97. The minimum atomic E-state index is 0.0915. The van der Waals surface area contributed by atoms with E-state index in [0.29, 0.717) is 10.5 Å². The monoisotopic (exact) mass is 278 g/mol. The molecule has 0 atom stereocenters. The van der Waals surface area contributed by atoms with Gasteiger partial charge in [-0.15, -0.1) is 0 Å². The van der Waals surface area contributed by atoms with E-state index >= 15 is 0 Å². The highest BCUT2D eigenvalue weighted by Gasteiger charge is 2.03. The molecular weight excluding hydrogens is 264 g/mol. The summed E-state index contributed by atoms with van der Waals surface area (Å²) in [4.78, 5) is 0. The molecule has 0 saturated carbocycles. The van der Waals surface area contributed by atoms with Crippen LogP contribution in [-0.4, -0.2) is 33.3 Å². The Balaban J connectivity index is 2.32. The summed E-state index contributed by atoms with van der Waals surface area (Å²) in [5.41, 5.74) is 0.791. The summed E-state index contributed by atoms with van der Waals surface area (Å²) < 4.78 is 7.04. The number of rotatable bonds is 4. The highest BCUT2D eigenvalue weighted by molar-refractivity contribution is 7.71. The van der Waals surface area contributed by atoms with Gasteiger partial charge in [0, 0.05) is 6.42 Å². The normalized spacial score (nSPS) is 11.1. The molecule has 0 unspecified atom stereocenters. The molecule has 2 aromatic rings. The SMILES string of the molecule is CCc1n[nH]c(=S)n1/N=C/c1ccc(O)c(OC)c1. The number of H-pyrrole nitrogens is 1. The Morgan fingerprint density at radius 1 is 1.58 bits per heavy atom. The maximum atomic E-state index is 9.51. The predicted octanol–water partition coefficient (Wildman–Crippen LogP) is 2.10.